The average Bonchev–Trinajstić information content (AvgIpc) is 3.00. The van der Waals surface area contributed by atoms with E-state index in [-0.39, 0.29) is 11.5 Å². The fourth-order valence-corrected chi connectivity index (χ4v) is 3.29. The summed E-state index contributed by atoms with van der Waals surface area (Å²) < 4.78 is 1.79. The molecule has 4 rings (SSSR count). The van der Waals surface area contributed by atoms with Crippen molar-refractivity contribution in [3.63, 3.8) is 0 Å². The number of para-hydroxylation sites is 1. The van der Waals surface area contributed by atoms with Crippen LogP contribution in [-0.4, -0.2) is 15.5 Å². The minimum absolute atomic E-state index is 0.188. The van der Waals surface area contributed by atoms with E-state index in [2.05, 4.69) is 10.3 Å². The smallest absolute Gasteiger partial charge is 0.268 e. The molecule has 0 bridgehead atoms. The largest absolute Gasteiger partial charge is 0.347 e. The zero-order valence-corrected chi connectivity index (χ0v) is 14.7. The van der Waals surface area contributed by atoms with Crippen molar-refractivity contribution in [3.05, 3.63) is 81.8 Å². The normalized spacial score (nSPS) is 11.2. The third-order valence-electron chi connectivity index (χ3n) is 4.71. The first-order valence-corrected chi connectivity index (χ1v) is 8.49. The van der Waals surface area contributed by atoms with Crippen LogP contribution in [0.15, 0.2) is 59.4 Å². The average molecular weight is 345 g/mol. The highest BCUT2D eigenvalue weighted by Crippen LogP contribution is 2.23. The van der Waals surface area contributed by atoms with Crippen LogP contribution in [0.5, 0.6) is 0 Å². The molecule has 0 atom stereocenters. The molecule has 0 aliphatic heterocycles. The second kappa shape index (κ2) is 6.19. The molecule has 0 aliphatic rings. The van der Waals surface area contributed by atoms with Gasteiger partial charge in [0.25, 0.3) is 11.5 Å². The fourth-order valence-electron chi connectivity index (χ4n) is 3.29. The number of benzene rings is 2. The highest BCUT2D eigenvalue weighted by atomic mass is 16.2. The number of rotatable bonds is 3. The Balaban J connectivity index is 1.72. The Morgan fingerprint density at radius 2 is 1.81 bits per heavy atom. The predicted octanol–water partition coefficient (Wildman–Crippen LogP) is 3.26. The molecule has 0 unspecified atom stereocenters. The summed E-state index contributed by atoms with van der Waals surface area (Å²) >= 11 is 0. The van der Waals surface area contributed by atoms with Crippen LogP contribution in [0.25, 0.3) is 21.8 Å². The van der Waals surface area contributed by atoms with E-state index in [1.807, 2.05) is 62.5 Å². The molecule has 0 saturated heterocycles. The van der Waals surface area contributed by atoms with Crippen LogP contribution in [0.2, 0.25) is 0 Å². The molecule has 2 aromatic carbocycles. The van der Waals surface area contributed by atoms with E-state index >= 15 is 0 Å². The lowest BCUT2D eigenvalue weighted by atomic mass is 10.1. The van der Waals surface area contributed by atoms with Crippen molar-refractivity contribution in [2.75, 3.05) is 0 Å². The number of carbonyl (C=O) groups excluding carboxylic acids is 1. The monoisotopic (exact) mass is 345 g/mol. The molecule has 0 saturated carbocycles. The van der Waals surface area contributed by atoms with Gasteiger partial charge in [-0.05, 0) is 24.6 Å². The number of amides is 1. The highest BCUT2D eigenvalue weighted by molar-refractivity contribution is 6.07. The predicted molar refractivity (Wildman–Crippen MR) is 103 cm³/mol. The number of aromatic nitrogens is 2. The molecule has 2 aromatic heterocycles. The molecular weight excluding hydrogens is 326 g/mol. The van der Waals surface area contributed by atoms with Gasteiger partial charge < -0.3 is 14.9 Å². The number of hydrogen-bond acceptors (Lipinski definition) is 2. The maximum Gasteiger partial charge on any atom is 0.268 e. The van der Waals surface area contributed by atoms with Gasteiger partial charge in [-0.25, -0.2) is 0 Å². The van der Waals surface area contributed by atoms with Crippen LogP contribution in [0, 0.1) is 6.92 Å². The minimum Gasteiger partial charge on any atom is -0.347 e. The van der Waals surface area contributed by atoms with Crippen LogP contribution in [0.1, 0.15) is 21.6 Å². The summed E-state index contributed by atoms with van der Waals surface area (Å²) in [6, 6.07) is 17.3. The zero-order valence-electron chi connectivity index (χ0n) is 14.7. The van der Waals surface area contributed by atoms with Gasteiger partial charge in [0, 0.05) is 19.0 Å². The summed E-state index contributed by atoms with van der Waals surface area (Å²) in [6.45, 7) is 2.47. The van der Waals surface area contributed by atoms with E-state index in [9.17, 15) is 9.59 Å². The number of hydrogen-bond donors (Lipinski definition) is 2. The Morgan fingerprint density at radius 3 is 2.58 bits per heavy atom. The topological polar surface area (TPSA) is 66.9 Å². The van der Waals surface area contributed by atoms with E-state index in [0.717, 1.165) is 22.0 Å². The first-order chi connectivity index (χ1) is 12.5. The summed E-state index contributed by atoms with van der Waals surface area (Å²) in [5.74, 6) is -0.201. The summed E-state index contributed by atoms with van der Waals surface area (Å²) in [6.07, 6.45) is 0. The van der Waals surface area contributed by atoms with E-state index in [0.29, 0.717) is 17.6 Å². The van der Waals surface area contributed by atoms with Gasteiger partial charge in [-0.2, -0.15) is 0 Å². The van der Waals surface area contributed by atoms with Crippen LogP contribution in [-0.2, 0) is 13.6 Å². The Bertz CT molecular complexity index is 1180. The van der Waals surface area contributed by atoms with Gasteiger partial charge in [0.15, 0.2) is 0 Å². The molecule has 5 nitrogen and oxygen atoms in total. The molecular formula is C21H19N3O2. The Morgan fingerprint density at radius 1 is 1.08 bits per heavy atom. The standard InChI is InChI=1S/C21H19N3O2/c1-13-7-9-14(10-8-13)12-22-21(26)18-11-16-19(24(18)2)15-5-3-4-6-17(15)23-20(16)25/h3-11H,12H2,1-2H3,(H,22,26)(H,23,25). The second-order valence-corrected chi connectivity index (χ2v) is 6.52. The Kier molecular flexibility index (Phi) is 3.84. The number of nitrogens with zero attached hydrogens (tertiary/aromatic N) is 1. The van der Waals surface area contributed by atoms with Crippen LogP contribution in [0.3, 0.4) is 0 Å². The molecule has 130 valence electrons. The second-order valence-electron chi connectivity index (χ2n) is 6.52. The van der Waals surface area contributed by atoms with E-state index in [4.69, 9.17) is 0 Å². The van der Waals surface area contributed by atoms with Gasteiger partial charge in [0.2, 0.25) is 0 Å². The molecule has 0 aliphatic carbocycles. The van der Waals surface area contributed by atoms with Crippen molar-refractivity contribution in [3.8, 4) is 0 Å². The van der Waals surface area contributed by atoms with E-state index in [1.165, 1.54) is 5.56 Å². The van der Waals surface area contributed by atoms with Crippen molar-refractivity contribution < 1.29 is 4.79 Å². The van der Waals surface area contributed by atoms with Crippen molar-refractivity contribution in [1.82, 2.24) is 14.9 Å². The van der Waals surface area contributed by atoms with Crippen LogP contribution in [0.4, 0.5) is 0 Å². The summed E-state index contributed by atoms with van der Waals surface area (Å²) in [5, 5.41) is 4.37. The van der Waals surface area contributed by atoms with Crippen molar-refractivity contribution >= 4 is 27.7 Å². The number of fused-ring (bicyclic) bond motifs is 3. The quantitative estimate of drug-likeness (QED) is 0.598. The third-order valence-corrected chi connectivity index (χ3v) is 4.71. The molecule has 0 radical (unpaired) electrons. The van der Waals surface area contributed by atoms with Crippen molar-refractivity contribution in [2.24, 2.45) is 7.05 Å². The molecule has 4 aromatic rings. The Hall–Kier alpha value is -3.34. The van der Waals surface area contributed by atoms with Crippen LogP contribution >= 0.6 is 0 Å². The van der Waals surface area contributed by atoms with Gasteiger partial charge in [-0.1, -0.05) is 48.0 Å². The van der Waals surface area contributed by atoms with E-state index < -0.39 is 0 Å². The first-order valence-electron chi connectivity index (χ1n) is 8.49. The van der Waals surface area contributed by atoms with Gasteiger partial charge in [0.1, 0.15) is 5.69 Å². The van der Waals surface area contributed by atoms with Gasteiger partial charge in [0.05, 0.1) is 16.4 Å². The summed E-state index contributed by atoms with van der Waals surface area (Å²) in [5.41, 5.74) is 4.02. The summed E-state index contributed by atoms with van der Waals surface area (Å²) in [7, 11) is 1.81. The van der Waals surface area contributed by atoms with Gasteiger partial charge >= 0.3 is 0 Å². The number of H-pyrrole nitrogens is 1. The molecule has 2 N–H and O–H groups in total. The van der Waals surface area contributed by atoms with E-state index in [1.54, 1.807) is 10.6 Å². The minimum atomic E-state index is -0.201. The lowest BCUT2D eigenvalue weighted by Gasteiger charge is -2.08. The molecule has 0 spiro atoms. The SMILES string of the molecule is Cc1ccc(CNC(=O)c2cc3c(=O)[nH]c4ccccc4c3n2C)cc1. The first kappa shape index (κ1) is 16.1. The third kappa shape index (κ3) is 2.67. The number of nitrogens with one attached hydrogen (secondary N) is 2. The van der Waals surface area contributed by atoms with Gasteiger partial charge in [-0.15, -0.1) is 0 Å². The number of carbonyl (C=O) groups is 1. The van der Waals surface area contributed by atoms with Crippen molar-refractivity contribution in [2.45, 2.75) is 13.5 Å². The molecule has 0 fully saturated rings. The number of aromatic amines is 1. The lowest BCUT2D eigenvalue weighted by molar-refractivity contribution is 0.0943. The zero-order chi connectivity index (χ0) is 18.3. The molecule has 5 heteroatoms. The molecule has 1 amide bonds. The number of pyridine rings is 1. The molecule has 26 heavy (non-hydrogen) atoms. The lowest BCUT2D eigenvalue weighted by Crippen LogP contribution is -2.24. The maximum atomic E-state index is 12.7. The maximum absolute atomic E-state index is 12.7. The Labute approximate surface area is 150 Å². The number of aryl methyl sites for hydroxylation is 2. The summed E-state index contributed by atoms with van der Waals surface area (Å²) in [4.78, 5) is 27.9. The van der Waals surface area contributed by atoms with Crippen LogP contribution < -0.4 is 10.9 Å². The van der Waals surface area contributed by atoms with Gasteiger partial charge in [-0.3, -0.25) is 9.59 Å². The fraction of sp³-hybridized carbons (Fsp3) is 0.143. The highest BCUT2D eigenvalue weighted by Gasteiger charge is 2.17. The van der Waals surface area contributed by atoms with Crippen molar-refractivity contribution in [1.29, 1.82) is 0 Å². The molecule has 2 heterocycles.